The highest BCUT2D eigenvalue weighted by Crippen LogP contribution is 2.27. The maximum Gasteiger partial charge on any atom is 0.0137 e. The van der Waals surface area contributed by atoms with E-state index < -0.39 is 0 Å². The third kappa shape index (κ3) is 2.98. The van der Waals surface area contributed by atoms with Crippen LogP contribution in [-0.2, 0) is 0 Å². The van der Waals surface area contributed by atoms with Crippen LogP contribution in [0.2, 0.25) is 0 Å². The van der Waals surface area contributed by atoms with Crippen LogP contribution in [0.5, 0.6) is 0 Å². The first-order valence-electron chi connectivity index (χ1n) is 5.19. The van der Waals surface area contributed by atoms with Gasteiger partial charge in [0.05, 0.1) is 0 Å². The predicted molar refractivity (Wildman–Crippen MR) is 54.2 cm³/mol. The SMILES string of the molecule is C/C=C/CN[C@@H](C)C1CCCC1. The number of nitrogens with one attached hydrogen (secondary N) is 1. The molecular weight excluding hydrogens is 146 g/mol. The van der Waals surface area contributed by atoms with E-state index in [9.17, 15) is 0 Å². The number of rotatable bonds is 4. The standard InChI is InChI=1S/C11H21N/c1-3-4-9-12-10(2)11-7-5-6-8-11/h3-4,10-12H,5-9H2,1-2H3/b4-3+/t10-/m0/s1. The third-order valence-electron chi connectivity index (χ3n) is 2.90. The van der Waals surface area contributed by atoms with Crippen molar-refractivity contribution in [2.45, 2.75) is 45.6 Å². The minimum absolute atomic E-state index is 0.712. The van der Waals surface area contributed by atoms with Crippen molar-refractivity contribution in [2.24, 2.45) is 5.92 Å². The van der Waals surface area contributed by atoms with E-state index in [-0.39, 0.29) is 0 Å². The summed E-state index contributed by atoms with van der Waals surface area (Å²) in [6.45, 7) is 5.43. The first-order chi connectivity index (χ1) is 5.84. The first kappa shape index (κ1) is 9.79. The van der Waals surface area contributed by atoms with Crippen molar-refractivity contribution in [3.05, 3.63) is 12.2 Å². The topological polar surface area (TPSA) is 12.0 Å². The van der Waals surface area contributed by atoms with Gasteiger partial charge in [-0.3, -0.25) is 0 Å². The Bertz CT molecular complexity index is 134. The summed E-state index contributed by atoms with van der Waals surface area (Å²) < 4.78 is 0. The summed E-state index contributed by atoms with van der Waals surface area (Å²) in [4.78, 5) is 0. The van der Waals surface area contributed by atoms with Crippen molar-refractivity contribution < 1.29 is 0 Å². The molecule has 1 fully saturated rings. The number of hydrogen-bond acceptors (Lipinski definition) is 1. The van der Waals surface area contributed by atoms with Crippen molar-refractivity contribution in [1.82, 2.24) is 5.32 Å². The highest BCUT2D eigenvalue weighted by Gasteiger charge is 2.20. The molecule has 1 N–H and O–H groups in total. The maximum atomic E-state index is 3.54. The fourth-order valence-corrected chi connectivity index (χ4v) is 2.00. The van der Waals surface area contributed by atoms with Crippen LogP contribution in [0.4, 0.5) is 0 Å². The molecule has 0 aromatic carbocycles. The Hall–Kier alpha value is -0.300. The molecule has 0 saturated heterocycles. The number of allylic oxidation sites excluding steroid dienone is 1. The molecule has 1 nitrogen and oxygen atoms in total. The minimum atomic E-state index is 0.712. The van der Waals surface area contributed by atoms with Crippen LogP contribution in [0, 0.1) is 5.92 Å². The monoisotopic (exact) mass is 167 g/mol. The third-order valence-corrected chi connectivity index (χ3v) is 2.90. The molecule has 0 amide bonds. The normalized spacial score (nSPS) is 22.2. The van der Waals surface area contributed by atoms with Gasteiger partial charge in [-0.2, -0.15) is 0 Å². The van der Waals surface area contributed by atoms with Crippen molar-refractivity contribution in [3.63, 3.8) is 0 Å². The smallest absolute Gasteiger partial charge is 0.0137 e. The van der Waals surface area contributed by atoms with Gasteiger partial charge in [0.2, 0.25) is 0 Å². The molecule has 1 atom stereocenters. The Kier molecular flexibility index (Phi) is 4.37. The molecule has 1 aliphatic rings. The van der Waals surface area contributed by atoms with Gasteiger partial charge in [0.25, 0.3) is 0 Å². The van der Waals surface area contributed by atoms with Gasteiger partial charge in [0.15, 0.2) is 0 Å². The summed E-state index contributed by atoms with van der Waals surface area (Å²) in [6, 6.07) is 0.712. The lowest BCUT2D eigenvalue weighted by molar-refractivity contribution is 0.394. The lowest BCUT2D eigenvalue weighted by Gasteiger charge is -2.19. The van der Waals surface area contributed by atoms with Gasteiger partial charge in [0, 0.05) is 12.6 Å². The fraction of sp³-hybridized carbons (Fsp3) is 0.818. The Balaban J connectivity index is 2.13. The predicted octanol–water partition coefficient (Wildman–Crippen LogP) is 2.73. The van der Waals surface area contributed by atoms with Crippen molar-refractivity contribution >= 4 is 0 Å². The Morgan fingerprint density at radius 1 is 1.42 bits per heavy atom. The quantitative estimate of drug-likeness (QED) is 0.635. The summed E-state index contributed by atoms with van der Waals surface area (Å²) in [5.41, 5.74) is 0. The van der Waals surface area contributed by atoms with Crippen LogP contribution >= 0.6 is 0 Å². The summed E-state index contributed by atoms with van der Waals surface area (Å²) in [5.74, 6) is 0.940. The average Bonchev–Trinajstić information content (AvgIpc) is 2.56. The van der Waals surface area contributed by atoms with Crippen molar-refractivity contribution in [3.8, 4) is 0 Å². The molecule has 0 bridgehead atoms. The Morgan fingerprint density at radius 2 is 2.08 bits per heavy atom. The van der Waals surface area contributed by atoms with Crippen LogP contribution in [0.15, 0.2) is 12.2 Å². The molecule has 0 aromatic heterocycles. The van der Waals surface area contributed by atoms with Gasteiger partial charge < -0.3 is 5.32 Å². The molecule has 0 aliphatic heterocycles. The lowest BCUT2D eigenvalue weighted by Crippen LogP contribution is -2.32. The van der Waals surface area contributed by atoms with E-state index in [1.165, 1.54) is 25.7 Å². The second kappa shape index (κ2) is 5.36. The molecule has 1 aliphatic carbocycles. The Morgan fingerprint density at radius 3 is 2.67 bits per heavy atom. The lowest BCUT2D eigenvalue weighted by atomic mass is 10.00. The summed E-state index contributed by atoms with van der Waals surface area (Å²) in [7, 11) is 0. The van der Waals surface area contributed by atoms with E-state index in [0.717, 1.165) is 12.5 Å². The molecule has 1 saturated carbocycles. The summed E-state index contributed by atoms with van der Waals surface area (Å²) >= 11 is 0. The summed E-state index contributed by atoms with van der Waals surface area (Å²) in [6.07, 6.45) is 10.1. The zero-order chi connectivity index (χ0) is 8.81. The molecule has 1 rings (SSSR count). The average molecular weight is 167 g/mol. The van der Waals surface area contributed by atoms with E-state index >= 15 is 0 Å². The van der Waals surface area contributed by atoms with E-state index in [4.69, 9.17) is 0 Å². The van der Waals surface area contributed by atoms with Crippen LogP contribution in [0.3, 0.4) is 0 Å². The van der Waals surface area contributed by atoms with Crippen LogP contribution in [0.1, 0.15) is 39.5 Å². The van der Waals surface area contributed by atoms with Crippen LogP contribution in [0.25, 0.3) is 0 Å². The molecule has 12 heavy (non-hydrogen) atoms. The maximum absolute atomic E-state index is 3.54. The molecule has 0 heterocycles. The minimum Gasteiger partial charge on any atom is -0.311 e. The molecule has 0 spiro atoms. The zero-order valence-corrected chi connectivity index (χ0v) is 8.34. The van der Waals surface area contributed by atoms with Gasteiger partial charge in [-0.05, 0) is 32.6 Å². The molecule has 0 aromatic rings. The Labute approximate surface area is 76.2 Å². The second-order valence-corrected chi connectivity index (χ2v) is 3.81. The van der Waals surface area contributed by atoms with Gasteiger partial charge in [-0.1, -0.05) is 25.0 Å². The highest BCUT2D eigenvalue weighted by atomic mass is 14.9. The molecule has 1 heteroatoms. The van der Waals surface area contributed by atoms with Gasteiger partial charge in [-0.25, -0.2) is 0 Å². The number of hydrogen-bond donors (Lipinski definition) is 1. The van der Waals surface area contributed by atoms with Crippen molar-refractivity contribution in [1.29, 1.82) is 0 Å². The highest BCUT2D eigenvalue weighted by molar-refractivity contribution is 4.83. The fourth-order valence-electron chi connectivity index (χ4n) is 2.00. The molecular formula is C11H21N. The van der Waals surface area contributed by atoms with Gasteiger partial charge in [0.1, 0.15) is 0 Å². The largest absolute Gasteiger partial charge is 0.311 e. The van der Waals surface area contributed by atoms with Crippen LogP contribution in [-0.4, -0.2) is 12.6 Å². The molecule has 70 valence electrons. The van der Waals surface area contributed by atoms with Gasteiger partial charge in [-0.15, -0.1) is 0 Å². The second-order valence-electron chi connectivity index (χ2n) is 3.81. The summed E-state index contributed by atoms with van der Waals surface area (Å²) in [5, 5.41) is 3.54. The van der Waals surface area contributed by atoms with E-state index in [2.05, 4.69) is 31.3 Å². The van der Waals surface area contributed by atoms with Crippen LogP contribution < -0.4 is 5.32 Å². The van der Waals surface area contributed by atoms with E-state index in [0.29, 0.717) is 6.04 Å². The molecule has 0 radical (unpaired) electrons. The first-order valence-corrected chi connectivity index (χ1v) is 5.19. The molecule has 0 unspecified atom stereocenters. The van der Waals surface area contributed by atoms with Gasteiger partial charge >= 0.3 is 0 Å². The van der Waals surface area contributed by atoms with Crippen molar-refractivity contribution in [2.75, 3.05) is 6.54 Å². The van der Waals surface area contributed by atoms with E-state index in [1.54, 1.807) is 0 Å². The van der Waals surface area contributed by atoms with E-state index in [1.807, 2.05) is 0 Å². The zero-order valence-electron chi connectivity index (χ0n) is 8.34.